The van der Waals surface area contributed by atoms with Crippen LogP contribution in [0.2, 0.25) is 0 Å². The van der Waals surface area contributed by atoms with Crippen molar-refractivity contribution in [2.75, 3.05) is 13.7 Å². The molecule has 0 fully saturated rings. The molecule has 0 spiro atoms. The van der Waals surface area contributed by atoms with Gasteiger partial charge in [-0.1, -0.05) is 17.7 Å². The Morgan fingerprint density at radius 2 is 2.05 bits per heavy atom. The summed E-state index contributed by atoms with van der Waals surface area (Å²) in [6, 6.07) is 3.75. The Balaban J connectivity index is 2.92. The first-order chi connectivity index (χ1) is 9.77. The summed E-state index contributed by atoms with van der Waals surface area (Å²) < 4.78 is 31.7. The Morgan fingerprint density at radius 1 is 1.38 bits per heavy atom. The lowest BCUT2D eigenvalue weighted by Gasteiger charge is -2.16. The average Bonchev–Trinajstić information content (AvgIpc) is 2.36. The van der Waals surface area contributed by atoms with Gasteiger partial charge in [0.2, 0.25) is 10.0 Å². The van der Waals surface area contributed by atoms with Gasteiger partial charge in [0.15, 0.2) is 0 Å². The fourth-order valence-electron chi connectivity index (χ4n) is 2.02. The number of nitrogens with one attached hydrogen (secondary N) is 1. The van der Waals surface area contributed by atoms with Crippen LogP contribution in [0.1, 0.15) is 24.0 Å². The molecular formula is C14H21NO5S. The summed E-state index contributed by atoms with van der Waals surface area (Å²) in [7, 11) is -2.35. The van der Waals surface area contributed by atoms with Crippen molar-refractivity contribution >= 4 is 16.0 Å². The second-order valence-electron chi connectivity index (χ2n) is 4.92. The van der Waals surface area contributed by atoms with Crippen LogP contribution in [0.25, 0.3) is 0 Å². The quantitative estimate of drug-likeness (QED) is 0.709. The van der Waals surface area contributed by atoms with E-state index in [1.807, 2.05) is 6.92 Å². The molecule has 0 heterocycles. The van der Waals surface area contributed by atoms with E-state index in [-0.39, 0.29) is 11.3 Å². The van der Waals surface area contributed by atoms with Crippen LogP contribution in [-0.4, -0.2) is 39.3 Å². The number of aliphatic carboxylic acids is 1. The van der Waals surface area contributed by atoms with Crippen molar-refractivity contribution < 1.29 is 23.1 Å². The summed E-state index contributed by atoms with van der Waals surface area (Å²) in [6.07, 6.45) is 0.635. The van der Waals surface area contributed by atoms with Crippen LogP contribution in [0.4, 0.5) is 0 Å². The van der Waals surface area contributed by atoms with Crippen LogP contribution in [-0.2, 0) is 19.6 Å². The van der Waals surface area contributed by atoms with Gasteiger partial charge < -0.3 is 9.84 Å². The molecule has 1 rings (SSSR count). The zero-order valence-corrected chi connectivity index (χ0v) is 13.2. The number of aryl methyl sites for hydroxylation is 2. The number of methoxy groups -OCH3 is 1. The van der Waals surface area contributed by atoms with Gasteiger partial charge in [0.05, 0.1) is 4.90 Å². The highest BCUT2D eigenvalue weighted by molar-refractivity contribution is 7.89. The van der Waals surface area contributed by atoms with Crippen LogP contribution in [0.3, 0.4) is 0 Å². The molecule has 1 atom stereocenters. The fraction of sp³-hybridized carbons (Fsp3) is 0.500. The highest BCUT2D eigenvalue weighted by Gasteiger charge is 2.26. The molecule has 0 saturated carbocycles. The van der Waals surface area contributed by atoms with E-state index in [0.717, 1.165) is 5.56 Å². The fourth-order valence-corrected chi connectivity index (χ4v) is 3.47. The van der Waals surface area contributed by atoms with Crippen molar-refractivity contribution in [1.82, 2.24) is 4.72 Å². The normalized spacial score (nSPS) is 13.1. The zero-order valence-electron chi connectivity index (χ0n) is 12.4. The number of carboxylic acid groups (broad SMARTS) is 1. The standard InChI is InChI=1S/C14H21NO5S/c1-10-6-7-13(11(2)9-10)21(18,19)15-12(14(16)17)5-4-8-20-3/h6-7,9,12,15H,4-5,8H2,1-3H3,(H,16,17). The van der Waals surface area contributed by atoms with Gasteiger partial charge in [-0.2, -0.15) is 4.72 Å². The van der Waals surface area contributed by atoms with Crippen molar-refractivity contribution in [2.45, 2.75) is 37.6 Å². The van der Waals surface area contributed by atoms with Crippen molar-refractivity contribution in [3.8, 4) is 0 Å². The van der Waals surface area contributed by atoms with Gasteiger partial charge >= 0.3 is 5.97 Å². The average molecular weight is 315 g/mol. The van der Waals surface area contributed by atoms with Gasteiger partial charge in [-0.15, -0.1) is 0 Å². The van der Waals surface area contributed by atoms with Gasteiger partial charge in [-0.05, 0) is 38.3 Å². The molecule has 21 heavy (non-hydrogen) atoms. The highest BCUT2D eigenvalue weighted by atomic mass is 32.2. The third kappa shape index (κ3) is 5.11. The Morgan fingerprint density at radius 3 is 2.57 bits per heavy atom. The Kier molecular flexibility index (Phi) is 6.32. The second-order valence-corrected chi connectivity index (χ2v) is 6.60. The molecule has 0 aliphatic heterocycles. The number of ether oxygens (including phenoxy) is 1. The molecule has 0 aromatic heterocycles. The molecule has 1 aromatic rings. The van der Waals surface area contributed by atoms with E-state index in [1.165, 1.54) is 13.2 Å². The van der Waals surface area contributed by atoms with Gasteiger partial charge in [0.1, 0.15) is 6.04 Å². The van der Waals surface area contributed by atoms with Crippen molar-refractivity contribution in [2.24, 2.45) is 0 Å². The third-order valence-corrected chi connectivity index (χ3v) is 4.69. The van der Waals surface area contributed by atoms with E-state index in [1.54, 1.807) is 19.1 Å². The molecule has 1 unspecified atom stereocenters. The first kappa shape index (κ1) is 17.6. The minimum Gasteiger partial charge on any atom is -0.480 e. The minimum atomic E-state index is -3.86. The Labute approximate surface area is 125 Å². The van der Waals surface area contributed by atoms with Crippen molar-refractivity contribution in [3.63, 3.8) is 0 Å². The summed E-state index contributed by atoms with van der Waals surface area (Å²) in [4.78, 5) is 11.3. The maximum Gasteiger partial charge on any atom is 0.321 e. The lowest BCUT2D eigenvalue weighted by molar-refractivity contribution is -0.139. The predicted octanol–water partition coefficient (Wildman–Crippen LogP) is 1.46. The van der Waals surface area contributed by atoms with Crippen LogP contribution < -0.4 is 4.72 Å². The van der Waals surface area contributed by atoms with Crippen LogP contribution in [0.5, 0.6) is 0 Å². The molecular weight excluding hydrogens is 294 g/mol. The summed E-state index contributed by atoms with van der Waals surface area (Å²) in [6.45, 7) is 3.93. The van der Waals surface area contributed by atoms with Gasteiger partial charge in [-0.25, -0.2) is 8.42 Å². The molecule has 7 heteroatoms. The first-order valence-corrected chi connectivity index (χ1v) is 8.07. The lowest BCUT2D eigenvalue weighted by atomic mass is 10.2. The van der Waals surface area contributed by atoms with Gasteiger partial charge in [-0.3, -0.25) is 4.79 Å². The summed E-state index contributed by atoms with van der Waals surface area (Å²) >= 11 is 0. The molecule has 0 bridgehead atoms. The van der Waals surface area contributed by atoms with E-state index in [2.05, 4.69) is 4.72 Å². The number of carboxylic acids is 1. The van der Waals surface area contributed by atoms with E-state index < -0.39 is 22.0 Å². The predicted molar refractivity (Wildman–Crippen MR) is 78.8 cm³/mol. The lowest BCUT2D eigenvalue weighted by Crippen LogP contribution is -2.41. The zero-order chi connectivity index (χ0) is 16.0. The maximum absolute atomic E-state index is 12.3. The summed E-state index contributed by atoms with van der Waals surface area (Å²) in [5, 5.41) is 9.13. The first-order valence-electron chi connectivity index (χ1n) is 6.59. The molecule has 1 aromatic carbocycles. The van der Waals surface area contributed by atoms with E-state index in [0.29, 0.717) is 18.6 Å². The molecule has 0 aliphatic rings. The molecule has 6 nitrogen and oxygen atoms in total. The number of sulfonamides is 1. The second kappa shape index (κ2) is 7.53. The topological polar surface area (TPSA) is 92.7 Å². The largest absolute Gasteiger partial charge is 0.480 e. The van der Waals surface area contributed by atoms with Crippen LogP contribution >= 0.6 is 0 Å². The van der Waals surface area contributed by atoms with Crippen molar-refractivity contribution in [3.05, 3.63) is 29.3 Å². The van der Waals surface area contributed by atoms with E-state index in [9.17, 15) is 13.2 Å². The SMILES string of the molecule is COCCCC(NS(=O)(=O)c1ccc(C)cc1C)C(=O)O. The molecule has 0 amide bonds. The Hall–Kier alpha value is -1.44. The number of hydrogen-bond acceptors (Lipinski definition) is 4. The molecule has 0 aliphatic carbocycles. The molecule has 0 saturated heterocycles. The molecule has 118 valence electrons. The minimum absolute atomic E-state index is 0.103. The number of hydrogen-bond donors (Lipinski definition) is 2. The van der Waals surface area contributed by atoms with E-state index >= 15 is 0 Å². The van der Waals surface area contributed by atoms with Crippen LogP contribution in [0, 0.1) is 13.8 Å². The summed E-state index contributed by atoms with van der Waals surface area (Å²) in [5.74, 6) is -1.19. The monoisotopic (exact) mass is 315 g/mol. The highest BCUT2D eigenvalue weighted by Crippen LogP contribution is 2.17. The van der Waals surface area contributed by atoms with E-state index in [4.69, 9.17) is 9.84 Å². The number of carbonyl (C=O) groups is 1. The number of rotatable bonds is 8. The van der Waals surface area contributed by atoms with Gasteiger partial charge in [0, 0.05) is 13.7 Å². The molecule has 2 N–H and O–H groups in total. The summed E-state index contributed by atoms with van der Waals surface area (Å²) in [5.41, 5.74) is 1.53. The number of benzene rings is 1. The smallest absolute Gasteiger partial charge is 0.321 e. The maximum atomic E-state index is 12.3. The van der Waals surface area contributed by atoms with Crippen molar-refractivity contribution in [1.29, 1.82) is 0 Å². The third-order valence-electron chi connectivity index (χ3n) is 3.06. The van der Waals surface area contributed by atoms with Crippen LogP contribution in [0.15, 0.2) is 23.1 Å². The molecule has 0 radical (unpaired) electrons. The van der Waals surface area contributed by atoms with Gasteiger partial charge in [0.25, 0.3) is 0 Å². The Bertz CT molecular complexity index is 597.